The van der Waals surface area contributed by atoms with Crippen LogP contribution in [0.4, 0.5) is 5.69 Å². The molecule has 0 unspecified atom stereocenters. The van der Waals surface area contributed by atoms with E-state index >= 15 is 0 Å². The molecule has 3 rings (SSSR count). The van der Waals surface area contributed by atoms with E-state index in [9.17, 15) is 4.79 Å². The van der Waals surface area contributed by atoms with Gasteiger partial charge in [0, 0.05) is 21.9 Å². The first kappa shape index (κ1) is 14.0. The Balaban J connectivity index is 1.87. The fraction of sp³-hybridized carbons (Fsp3) is 0. The molecule has 0 radical (unpaired) electrons. The number of nitrogens with zero attached hydrogens (tertiary/aromatic N) is 1. The van der Waals surface area contributed by atoms with Crippen LogP contribution < -0.4 is 5.32 Å². The highest BCUT2D eigenvalue weighted by atomic mass is 79.9. The van der Waals surface area contributed by atoms with Crippen molar-refractivity contribution in [3.8, 4) is 0 Å². The molecule has 3 nitrogen and oxygen atoms in total. The van der Waals surface area contributed by atoms with Gasteiger partial charge in [-0.2, -0.15) is 0 Å². The first-order chi connectivity index (χ1) is 10.1. The Morgan fingerprint density at radius 3 is 2.62 bits per heavy atom. The number of nitrogens with one attached hydrogen (secondary N) is 1. The van der Waals surface area contributed by atoms with Crippen LogP contribution in [0, 0.1) is 0 Å². The molecule has 0 aliphatic heterocycles. The van der Waals surface area contributed by atoms with Gasteiger partial charge in [0.25, 0.3) is 5.91 Å². The Morgan fingerprint density at radius 1 is 1.05 bits per heavy atom. The lowest BCUT2D eigenvalue weighted by molar-refractivity contribution is 0.102. The SMILES string of the molecule is O=C(Nc1ccc2cc(Br)ccc2c1)c1ccnc(Cl)c1. The summed E-state index contributed by atoms with van der Waals surface area (Å²) in [5, 5.41) is 5.32. The van der Waals surface area contributed by atoms with E-state index in [0.29, 0.717) is 10.7 Å². The van der Waals surface area contributed by atoms with E-state index in [4.69, 9.17) is 11.6 Å². The van der Waals surface area contributed by atoms with Gasteiger partial charge in [-0.05, 0) is 47.2 Å². The lowest BCUT2D eigenvalue weighted by Gasteiger charge is -2.07. The van der Waals surface area contributed by atoms with Crippen molar-refractivity contribution in [3.05, 3.63) is 69.9 Å². The molecular weight excluding hydrogens is 352 g/mol. The number of carbonyl (C=O) groups is 1. The number of aromatic nitrogens is 1. The third-order valence-corrected chi connectivity index (χ3v) is 3.75. The molecule has 0 spiro atoms. The predicted octanol–water partition coefficient (Wildman–Crippen LogP) is 4.90. The van der Waals surface area contributed by atoms with Gasteiger partial charge in [0.2, 0.25) is 0 Å². The summed E-state index contributed by atoms with van der Waals surface area (Å²) < 4.78 is 1.03. The normalized spacial score (nSPS) is 10.6. The minimum absolute atomic E-state index is 0.212. The number of carbonyl (C=O) groups excluding carboxylic acids is 1. The van der Waals surface area contributed by atoms with Crippen molar-refractivity contribution >= 4 is 49.9 Å². The van der Waals surface area contributed by atoms with Gasteiger partial charge in [0.05, 0.1) is 0 Å². The third kappa shape index (κ3) is 3.23. The molecule has 0 fully saturated rings. The van der Waals surface area contributed by atoms with Crippen molar-refractivity contribution in [2.45, 2.75) is 0 Å². The van der Waals surface area contributed by atoms with Gasteiger partial charge in [-0.15, -0.1) is 0 Å². The molecule has 0 aliphatic rings. The molecule has 1 N–H and O–H groups in total. The zero-order valence-corrected chi connectivity index (χ0v) is 13.1. The number of hydrogen-bond acceptors (Lipinski definition) is 2. The molecule has 2 aromatic carbocycles. The molecule has 1 heterocycles. The van der Waals surface area contributed by atoms with Gasteiger partial charge in [0.15, 0.2) is 0 Å². The highest BCUT2D eigenvalue weighted by molar-refractivity contribution is 9.10. The molecule has 3 aromatic rings. The van der Waals surface area contributed by atoms with E-state index in [-0.39, 0.29) is 5.91 Å². The second kappa shape index (κ2) is 5.84. The van der Waals surface area contributed by atoms with Crippen LogP contribution in [0.25, 0.3) is 10.8 Å². The maximum atomic E-state index is 12.2. The quantitative estimate of drug-likeness (QED) is 0.659. The van der Waals surface area contributed by atoms with Gasteiger partial charge in [0.1, 0.15) is 5.15 Å². The molecule has 21 heavy (non-hydrogen) atoms. The Hall–Kier alpha value is -1.91. The van der Waals surface area contributed by atoms with Gasteiger partial charge in [-0.3, -0.25) is 4.79 Å². The largest absolute Gasteiger partial charge is 0.322 e. The monoisotopic (exact) mass is 360 g/mol. The summed E-state index contributed by atoms with van der Waals surface area (Å²) in [4.78, 5) is 16.0. The van der Waals surface area contributed by atoms with Crippen molar-refractivity contribution in [1.82, 2.24) is 4.98 Å². The second-order valence-electron chi connectivity index (χ2n) is 4.53. The van der Waals surface area contributed by atoms with E-state index in [1.165, 1.54) is 12.3 Å². The summed E-state index contributed by atoms with van der Waals surface area (Å²) in [6, 6.07) is 14.9. The van der Waals surface area contributed by atoms with Gasteiger partial charge in [-0.25, -0.2) is 4.98 Å². The van der Waals surface area contributed by atoms with Crippen LogP contribution in [0.3, 0.4) is 0 Å². The molecule has 1 aromatic heterocycles. The van der Waals surface area contributed by atoms with Crippen molar-refractivity contribution in [2.75, 3.05) is 5.32 Å². The first-order valence-electron chi connectivity index (χ1n) is 6.24. The van der Waals surface area contributed by atoms with Crippen LogP contribution in [-0.4, -0.2) is 10.9 Å². The maximum absolute atomic E-state index is 12.2. The average Bonchev–Trinajstić information content (AvgIpc) is 2.47. The Bertz CT molecular complexity index is 835. The van der Waals surface area contributed by atoms with Crippen LogP contribution in [0.1, 0.15) is 10.4 Å². The zero-order valence-electron chi connectivity index (χ0n) is 10.8. The van der Waals surface area contributed by atoms with Gasteiger partial charge >= 0.3 is 0 Å². The van der Waals surface area contributed by atoms with Crippen molar-refractivity contribution in [3.63, 3.8) is 0 Å². The highest BCUT2D eigenvalue weighted by Gasteiger charge is 2.07. The highest BCUT2D eigenvalue weighted by Crippen LogP contribution is 2.23. The van der Waals surface area contributed by atoms with Crippen molar-refractivity contribution in [1.29, 1.82) is 0 Å². The number of fused-ring (bicyclic) bond motifs is 1. The molecule has 0 atom stereocenters. The van der Waals surface area contributed by atoms with E-state index in [1.54, 1.807) is 6.07 Å². The number of pyridine rings is 1. The number of anilines is 1. The number of halogens is 2. The van der Waals surface area contributed by atoms with E-state index in [1.807, 2.05) is 36.4 Å². The standard InChI is InChI=1S/C16H10BrClN2O/c17-13-3-1-11-8-14(4-2-10(11)7-13)20-16(21)12-5-6-19-15(18)9-12/h1-9H,(H,20,21). The molecule has 0 saturated heterocycles. The molecular formula is C16H10BrClN2O. The van der Waals surface area contributed by atoms with Gasteiger partial charge < -0.3 is 5.32 Å². The summed E-state index contributed by atoms with van der Waals surface area (Å²) in [6.07, 6.45) is 1.51. The predicted molar refractivity (Wildman–Crippen MR) is 88.8 cm³/mol. The van der Waals surface area contributed by atoms with Crippen LogP contribution in [0.15, 0.2) is 59.2 Å². The number of hydrogen-bond donors (Lipinski definition) is 1. The fourth-order valence-electron chi connectivity index (χ4n) is 2.04. The summed E-state index contributed by atoms with van der Waals surface area (Å²) in [5.74, 6) is -0.212. The number of amides is 1. The minimum Gasteiger partial charge on any atom is -0.322 e. The molecule has 0 saturated carbocycles. The first-order valence-corrected chi connectivity index (χ1v) is 7.41. The number of rotatable bonds is 2. The third-order valence-electron chi connectivity index (χ3n) is 3.05. The zero-order chi connectivity index (χ0) is 14.8. The summed E-state index contributed by atoms with van der Waals surface area (Å²) in [7, 11) is 0. The molecule has 5 heteroatoms. The fourth-order valence-corrected chi connectivity index (χ4v) is 2.59. The van der Waals surface area contributed by atoms with Crippen molar-refractivity contribution in [2.24, 2.45) is 0 Å². The lowest BCUT2D eigenvalue weighted by Crippen LogP contribution is -2.11. The van der Waals surface area contributed by atoms with Crippen molar-refractivity contribution < 1.29 is 4.79 Å². The second-order valence-corrected chi connectivity index (χ2v) is 5.83. The minimum atomic E-state index is -0.212. The van der Waals surface area contributed by atoms with Crippen LogP contribution in [-0.2, 0) is 0 Å². The molecule has 1 amide bonds. The maximum Gasteiger partial charge on any atom is 0.255 e. The van der Waals surface area contributed by atoms with E-state index in [0.717, 1.165) is 20.9 Å². The van der Waals surface area contributed by atoms with Gasteiger partial charge in [-0.1, -0.05) is 39.7 Å². The number of benzene rings is 2. The van der Waals surface area contributed by atoms with Crippen LogP contribution >= 0.6 is 27.5 Å². The Kier molecular flexibility index (Phi) is 3.90. The molecule has 0 aliphatic carbocycles. The molecule has 104 valence electrons. The van der Waals surface area contributed by atoms with E-state index in [2.05, 4.69) is 26.2 Å². The smallest absolute Gasteiger partial charge is 0.255 e. The van der Waals surface area contributed by atoms with E-state index < -0.39 is 0 Å². The Morgan fingerprint density at radius 2 is 1.81 bits per heavy atom. The summed E-state index contributed by atoms with van der Waals surface area (Å²) in [6.45, 7) is 0. The summed E-state index contributed by atoms with van der Waals surface area (Å²) in [5.41, 5.74) is 1.22. The Labute approximate surface area is 135 Å². The lowest BCUT2D eigenvalue weighted by atomic mass is 10.1. The topological polar surface area (TPSA) is 42.0 Å². The summed E-state index contributed by atoms with van der Waals surface area (Å²) >= 11 is 9.23. The van der Waals surface area contributed by atoms with Crippen LogP contribution in [0.2, 0.25) is 5.15 Å². The molecule has 0 bridgehead atoms. The van der Waals surface area contributed by atoms with Crippen LogP contribution in [0.5, 0.6) is 0 Å². The average molecular weight is 362 g/mol.